The van der Waals surface area contributed by atoms with Crippen molar-refractivity contribution in [3.8, 4) is 5.75 Å². The van der Waals surface area contributed by atoms with Gasteiger partial charge in [0.05, 0.1) is 0 Å². The summed E-state index contributed by atoms with van der Waals surface area (Å²) in [6.45, 7) is 10.6. The van der Waals surface area contributed by atoms with E-state index in [-0.39, 0.29) is 16.6 Å². The van der Waals surface area contributed by atoms with Gasteiger partial charge in [-0.1, -0.05) is 46.8 Å². The van der Waals surface area contributed by atoms with Gasteiger partial charge in [-0.25, -0.2) is 4.79 Å². The molecule has 0 spiro atoms. The topological polar surface area (TPSA) is 26.3 Å². The molecular weight excluding hydrogens is 281 g/mol. The van der Waals surface area contributed by atoms with Crippen LogP contribution < -0.4 is 4.74 Å². The Morgan fingerprint density at radius 2 is 1.48 bits per heavy atom. The number of hydrogen-bond donors (Lipinski definition) is 0. The van der Waals surface area contributed by atoms with Crippen LogP contribution in [0.15, 0.2) is 24.3 Å². The zero-order valence-corrected chi connectivity index (χ0v) is 13.0. The van der Waals surface area contributed by atoms with Crippen LogP contribution in [0.25, 0.3) is 0 Å². The van der Waals surface area contributed by atoms with Crippen LogP contribution in [0.2, 0.25) is 0 Å². The van der Waals surface area contributed by atoms with E-state index in [9.17, 15) is 18.0 Å². The van der Waals surface area contributed by atoms with Gasteiger partial charge in [0.15, 0.2) is 0 Å². The minimum atomic E-state index is -4.98. The Balaban J connectivity index is 2.85. The molecule has 0 unspecified atom stereocenters. The van der Waals surface area contributed by atoms with Crippen molar-refractivity contribution in [1.29, 1.82) is 0 Å². The molecule has 1 aromatic rings. The van der Waals surface area contributed by atoms with Crippen molar-refractivity contribution in [2.45, 2.75) is 52.6 Å². The highest BCUT2D eigenvalue weighted by molar-refractivity contribution is 5.78. The predicted octanol–water partition coefficient (Wildman–Crippen LogP) is 4.87. The number of ether oxygens (including phenoxy) is 1. The molecule has 0 aliphatic rings. The van der Waals surface area contributed by atoms with Crippen molar-refractivity contribution in [2.75, 3.05) is 0 Å². The molecule has 0 aliphatic heterocycles. The molecule has 0 amide bonds. The number of carbonyl (C=O) groups excluding carboxylic acids is 1. The van der Waals surface area contributed by atoms with E-state index in [1.807, 2.05) is 0 Å². The van der Waals surface area contributed by atoms with E-state index in [1.54, 1.807) is 12.1 Å². The van der Waals surface area contributed by atoms with Crippen LogP contribution in [0.4, 0.5) is 13.2 Å². The molecule has 0 saturated heterocycles. The van der Waals surface area contributed by atoms with Crippen molar-refractivity contribution >= 4 is 5.97 Å². The van der Waals surface area contributed by atoms with Crippen molar-refractivity contribution in [3.05, 3.63) is 29.8 Å². The average Bonchev–Trinajstić information content (AvgIpc) is 2.25. The lowest BCUT2D eigenvalue weighted by Gasteiger charge is -2.33. The van der Waals surface area contributed by atoms with Crippen molar-refractivity contribution in [2.24, 2.45) is 5.41 Å². The molecule has 0 atom stereocenters. The van der Waals surface area contributed by atoms with Gasteiger partial charge in [0.25, 0.3) is 0 Å². The molecule has 0 aromatic heterocycles. The van der Waals surface area contributed by atoms with Gasteiger partial charge in [0.1, 0.15) is 5.75 Å². The second kappa shape index (κ2) is 5.70. The van der Waals surface area contributed by atoms with E-state index in [2.05, 4.69) is 39.4 Å². The summed E-state index contributed by atoms with van der Waals surface area (Å²) in [5, 5.41) is 0. The maximum atomic E-state index is 12.1. The second-order valence-electron chi connectivity index (χ2n) is 7.03. The molecular formula is C16H21F3O2. The first-order valence-corrected chi connectivity index (χ1v) is 6.71. The molecule has 0 saturated carbocycles. The van der Waals surface area contributed by atoms with Gasteiger partial charge in [-0.2, -0.15) is 13.2 Å². The van der Waals surface area contributed by atoms with E-state index in [0.29, 0.717) is 0 Å². The van der Waals surface area contributed by atoms with Gasteiger partial charge in [0, 0.05) is 0 Å². The Labute approximate surface area is 123 Å². The van der Waals surface area contributed by atoms with Crippen LogP contribution >= 0.6 is 0 Å². The minimum Gasteiger partial charge on any atom is -0.420 e. The largest absolute Gasteiger partial charge is 0.491 e. The zero-order chi connectivity index (χ0) is 16.5. The molecule has 1 aromatic carbocycles. The SMILES string of the molecule is CC(C)(C)CC(C)(C)c1ccc(OC(=O)C(F)(F)F)cc1. The lowest BCUT2D eigenvalue weighted by Crippen LogP contribution is -2.28. The zero-order valence-electron chi connectivity index (χ0n) is 13.0. The van der Waals surface area contributed by atoms with E-state index in [4.69, 9.17) is 0 Å². The van der Waals surface area contributed by atoms with Crippen LogP contribution in [0, 0.1) is 5.41 Å². The van der Waals surface area contributed by atoms with Crippen LogP contribution in [-0.4, -0.2) is 12.1 Å². The maximum Gasteiger partial charge on any atom is 0.491 e. The van der Waals surface area contributed by atoms with E-state index in [0.717, 1.165) is 12.0 Å². The normalized spacial score (nSPS) is 13.1. The fourth-order valence-electron chi connectivity index (χ4n) is 2.57. The van der Waals surface area contributed by atoms with E-state index < -0.39 is 12.1 Å². The standard InChI is InChI=1S/C16H21F3O2/c1-14(2,3)10-15(4,5)11-6-8-12(9-7-11)21-13(20)16(17,18)19/h6-9H,10H2,1-5H3. The second-order valence-corrected chi connectivity index (χ2v) is 7.03. The van der Waals surface area contributed by atoms with Crippen molar-refractivity contribution < 1.29 is 22.7 Å². The summed E-state index contributed by atoms with van der Waals surface area (Å²) in [5.74, 6) is -2.31. The summed E-state index contributed by atoms with van der Waals surface area (Å²) < 4.78 is 40.6. The van der Waals surface area contributed by atoms with Gasteiger partial charge in [-0.05, 0) is 34.9 Å². The highest BCUT2D eigenvalue weighted by atomic mass is 19.4. The number of hydrogen-bond acceptors (Lipinski definition) is 2. The predicted molar refractivity (Wildman–Crippen MR) is 75.2 cm³/mol. The molecule has 2 nitrogen and oxygen atoms in total. The number of halogens is 3. The lowest BCUT2D eigenvalue weighted by molar-refractivity contribution is -0.189. The van der Waals surface area contributed by atoms with Crippen molar-refractivity contribution in [3.63, 3.8) is 0 Å². The molecule has 21 heavy (non-hydrogen) atoms. The number of esters is 1. The minimum absolute atomic E-state index is 0.104. The number of rotatable bonds is 3. The Kier molecular flexibility index (Phi) is 4.76. The van der Waals surface area contributed by atoms with Gasteiger partial charge >= 0.3 is 12.1 Å². The fraction of sp³-hybridized carbons (Fsp3) is 0.562. The number of carbonyl (C=O) groups is 1. The van der Waals surface area contributed by atoms with Crippen LogP contribution in [-0.2, 0) is 10.2 Å². The quantitative estimate of drug-likeness (QED) is 0.588. The smallest absolute Gasteiger partial charge is 0.420 e. The molecule has 0 bridgehead atoms. The molecule has 0 N–H and O–H groups in total. The van der Waals surface area contributed by atoms with Crippen LogP contribution in [0.1, 0.15) is 46.6 Å². The first-order chi connectivity index (χ1) is 9.31. The third-order valence-corrected chi connectivity index (χ3v) is 3.05. The molecule has 0 radical (unpaired) electrons. The third kappa shape index (κ3) is 5.40. The maximum absolute atomic E-state index is 12.1. The van der Waals surface area contributed by atoms with Crippen LogP contribution in [0.3, 0.4) is 0 Å². The monoisotopic (exact) mass is 302 g/mol. The van der Waals surface area contributed by atoms with Gasteiger partial charge in [-0.15, -0.1) is 0 Å². The highest BCUT2D eigenvalue weighted by Crippen LogP contribution is 2.36. The summed E-state index contributed by atoms with van der Waals surface area (Å²) in [4.78, 5) is 10.8. The Bertz CT molecular complexity index is 494. The summed E-state index contributed by atoms with van der Waals surface area (Å²) in [7, 11) is 0. The lowest BCUT2D eigenvalue weighted by atomic mass is 9.72. The van der Waals surface area contributed by atoms with Crippen molar-refractivity contribution in [1.82, 2.24) is 0 Å². The number of alkyl halides is 3. The summed E-state index contributed by atoms with van der Waals surface area (Å²) >= 11 is 0. The van der Waals surface area contributed by atoms with Crippen LogP contribution in [0.5, 0.6) is 5.75 Å². The molecule has 1 rings (SSSR count). The Morgan fingerprint density at radius 3 is 1.86 bits per heavy atom. The Morgan fingerprint density at radius 1 is 1.00 bits per heavy atom. The summed E-state index contributed by atoms with van der Waals surface area (Å²) in [6, 6.07) is 6.18. The van der Waals surface area contributed by atoms with Gasteiger partial charge < -0.3 is 4.74 Å². The fourth-order valence-corrected chi connectivity index (χ4v) is 2.57. The van der Waals surface area contributed by atoms with Gasteiger partial charge in [0.2, 0.25) is 0 Å². The molecule has 0 aliphatic carbocycles. The molecule has 0 heterocycles. The Hall–Kier alpha value is -1.52. The summed E-state index contributed by atoms with van der Waals surface area (Å²) in [5.41, 5.74) is 1.000. The number of benzene rings is 1. The molecule has 0 fully saturated rings. The first-order valence-electron chi connectivity index (χ1n) is 6.71. The third-order valence-electron chi connectivity index (χ3n) is 3.05. The molecule has 5 heteroatoms. The molecule has 118 valence electrons. The van der Waals surface area contributed by atoms with Gasteiger partial charge in [-0.3, -0.25) is 0 Å². The van der Waals surface area contributed by atoms with E-state index in [1.165, 1.54) is 12.1 Å². The average molecular weight is 302 g/mol. The highest BCUT2D eigenvalue weighted by Gasteiger charge is 2.41. The summed E-state index contributed by atoms with van der Waals surface area (Å²) in [6.07, 6.45) is -4.06. The van der Waals surface area contributed by atoms with E-state index >= 15 is 0 Å². The first kappa shape index (κ1) is 17.5.